The maximum Gasteiger partial charge on any atom is 0.337 e. The van der Waals surface area contributed by atoms with Gasteiger partial charge in [-0.25, -0.2) is 4.79 Å². The van der Waals surface area contributed by atoms with Crippen molar-refractivity contribution in [2.45, 2.75) is 20.0 Å². The van der Waals surface area contributed by atoms with Gasteiger partial charge in [-0.1, -0.05) is 6.92 Å². The minimum atomic E-state index is -1.05. The molecule has 1 aromatic heterocycles. The Morgan fingerprint density at radius 1 is 1.32 bits per heavy atom. The number of ether oxygens (including phenoxy) is 1. The fourth-order valence-electron chi connectivity index (χ4n) is 1.65. The third-order valence-corrected chi connectivity index (χ3v) is 3.91. The third-order valence-electron chi connectivity index (χ3n) is 2.70. The SMILES string of the molecule is CCc1ccc(COc2ccc(N)c(C(=O)O)c2)s1. The fraction of sp³-hybridized carbons (Fsp3) is 0.214. The van der Waals surface area contributed by atoms with Gasteiger partial charge in [-0.05, 0) is 36.8 Å². The van der Waals surface area contributed by atoms with E-state index >= 15 is 0 Å². The van der Waals surface area contributed by atoms with Gasteiger partial charge >= 0.3 is 5.97 Å². The number of benzene rings is 1. The van der Waals surface area contributed by atoms with Crippen LogP contribution in [0.2, 0.25) is 0 Å². The van der Waals surface area contributed by atoms with Crippen LogP contribution in [-0.4, -0.2) is 11.1 Å². The van der Waals surface area contributed by atoms with Gasteiger partial charge in [-0.2, -0.15) is 0 Å². The Balaban J connectivity index is 2.07. The minimum absolute atomic E-state index is 0.0675. The summed E-state index contributed by atoms with van der Waals surface area (Å²) in [6.07, 6.45) is 1.01. The first-order valence-electron chi connectivity index (χ1n) is 5.93. The Morgan fingerprint density at radius 2 is 2.05 bits per heavy atom. The molecule has 0 spiro atoms. The second-order valence-electron chi connectivity index (χ2n) is 4.06. The van der Waals surface area contributed by atoms with E-state index in [0.29, 0.717) is 12.4 Å². The zero-order chi connectivity index (χ0) is 13.8. The predicted octanol–water partition coefficient (Wildman–Crippen LogP) is 3.17. The van der Waals surface area contributed by atoms with E-state index in [1.54, 1.807) is 23.5 Å². The van der Waals surface area contributed by atoms with Gasteiger partial charge in [0, 0.05) is 15.4 Å². The smallest absolute Gasteiger partial charge is 0.337 e. The van der Waals surface area contributed by atoms with E-state index in [1.165, 1.54) is 10.9 Å². The lowest BCUT2D eigenvalue weighted by molar-refractivity contribution is 0.0697. The average Bonchev–Trinajstić information content (AvgIpc) is 2.85. The van der Waals surface area contributed by atoms with E-state index in [4.69, 9.17) is 15.6 Å². The fourth-order valence-corrected chi connectivity index (χ4v) is 2.53. The number of thiophene rings is 1. The van der Waals surface area contributed by atoms with Crippen molar-refractivity contribution in [1.82, 2.24) is 0 Å². The summed E-state index contributed by atoms with van der Waals surface area (Å²) in [7, 11) is 0. The number of aromatic carboxylic acids is 1. The van der Waals surface area contributed by atoms with Crippen molar-refractivity contribution in [2.24, 2.45) is 0 Å². The van der Waals surface area contributed by atoms with Crippen LogP contribution in [0.15, 0.2) is 30.3 Å². The Labute approximate surface area is 115 Å². The summed E-state index contributed by atoms with van der Waals surface area (Å²) in [6.45, 7) is 2.54. The van der Waals surface area contributed by atoms with Gasteiger partial charge in [-0.3, -0.25) is 0 Å². The first-order chi connectivity index (χ1) is 9.10. The lowest BCUT2D eigenvalue weighted by atomic mass is 10.2. The standard InChI is InChI=1S/C14H15NO3S/c1-2-10-4-5-11(19-10)8-18-9-3-6-13(15)12(7-9)14(16)17/h3-7H,2,8,15H2,1H3,(H,16,17). The molecule has 100 valence electrons. The van der Waals surface area contributed by atoms with Crippen molar-refractivity contribution >= 4 is 23.0 Å². The highest BCUT2D eigenvalue weighted by molar-refractivity contribution is 7.11. The highest BCUT2D eigenvalue weighted by Gasteiger charge is 2.09. The van der Waals surface area contributed by atoms with Gasteiger partial charge in [-0.15, -0.1) is 11.3 Å². The van der Waals surface area contributed by atoms with Crippen LogP contribution >= 0.6 is 11.3 Å². The number of hydrogen-bond acceptors (Lipinski definition) is 4. The van der Waals surface area contributed by atoms with E-state index in [1.807, 2.05) is 6.07 Å². The first kappa shape index (κ1) is 13.4. The lowest BCUT2D eigenvalue weighted by Gasteiger charge is -2.07. The van der Waals surface area contributed by atoms with Crippen LogP contribution in [0.25, 0.3) is 0 Å². The number of aryl methyl sites for hydroxylation is 1. The van der Waals surface area contributed by atoms with E-state index in [9.17, 15) is 4.79 Å². The maximum atomic E-state index is 11.0. The number of carbonyl (C=O) groups is 1. The monoisotopic (exact) mass is 277 g/mol. The Hall–Kier alpha value is -2.01. The first-order valence-corrected chi connectivity index (χ1v) is 6.75. The molecule has 1 aromatic carbocycles. The van der Waals surface area contributed by atoms with Crippen LogP contribution in [-0.2, 0) is 13.0 Å². The molecule has 0 saturated carbocycles. The number of carboxylic acids is 1. The van der Waals surface area contributed by atoms with Crippen molar-refractivity contribution < 1.29 is 14.6 Å². The van der Waals surface area contributed by atoms with Crippen molar-refractivity contribution in [3.8, 4) is 5.75 Å². The average molecular weight is 277 g/mol. The summed E-state index contributed by atoms with van der Waals surface area (Å²) in [5.41, 5.74) is 5.89. The minimum Gasteiger partial charge on any atom is -0.488 e. The van der Waals surface area contributed by atoms with Gasteiger partial charge in [0.05, 0.1) is 5.56 Å². The van der Waals surface area contributed by atoms with E-state index in [-0.39, 0.29) is 11.3 Å². The Bertz CT molecular complexity index is 592. The number of anilines is 1. The number of rotatable bonds is 5. The van der Waals surface area contributed by atoms with Crippen LogP contribution in [0.3, 0.4) is 0 Å². The Kier molecular flexibility index (Phi) is 4.06. The number of hydrogen-bond donors (Lipinski definition) is 2. The quantitative estimate of drug-likeness (QED) is 0.823. The maximum absolute atomic E-state index is 11.0. The summed E-state index contributed by atoms with van der Waals surface area (Å²) in [5.74, 6) is -0.537. The molecule has 0 amide bonds. The van der Waals surface area contributed by atoms with Crippen LogP contribution in [0.4, 0.5) is 5.69 Å². The van der Waals surface area contributed by atoms with E-state index in [2.05, 4.69) is 13.0 Å². The molecule has 1 heterocycles. The van der Waals surface area contributed by atoms with Crippen LogP contribution in [0.1, 0.15) is 27.0 Å². The molecule has 19 heavy (non-hydrogen) atoms. The highest BCUT2D eigenvalue weighted by Crippen LogP contribution is 2.23. The normalized spacial score (nSPS) is 10.4. The molecule has 4 nitrogen and oxygen atoms in total. The largest absolute Gasteiger partial charge is 0.488 e. The topological polar surface area (TPSA) is 72.5 Å². The molecule has 2 aromatic rings. The highest BCUT2D eigenvalue weighted by atomic mass is 32.1. The molecule has 0 bridgehead atoms. The molecule has 0 radical (unpaired) electrons. The number of carboxylic acid groups (broad SMARTS) is 1. The molecule has 0 saturated heterocycles. The molecule has 0 atom stereocenters. The number of nitrogens with two attached hydrogens (primary N) is 1. The van der Waals surface area contributed by atoms with Crippen molar-refractivity contribution in [1.29, 1.82) is 0 Å². The molecule has 0 fully saturated rings. The van der Waals surface area contributed by atoms with Crippen molar-refractivity contribution in [2.75, 3.05) is 5.73 Å². The lowest BCUT2D eigenvalue weighted by Crippen LogP contribution is -2.03. The molecule has 0 aliphatic rings. The van der Waals surface area contributed by atoms with Crippen LogP contribution < -0.4 is 10.5 Å². The van der Waals surface area contributed by atoms with Crippen LogP contribution in [0.5, 0.6) is 5.75 Å². The van der Waals surface area contributed by atoms with Gasteiger partial charge in [0.2, 0.25) is 0 Å². The van der Waals surface area contributed by atoms with Gasteiger partial charge in [0.15, 0.2) is 0 Å². The zero-order valence-electron chi connectivity index (χ0n) is 10.6. The summed E-state index contributed by atoms with van der Waals surface area (Å²) in [4.78, 5) is 13.4. The summed E-state index contributed by atoms with van der Waals surface area (Å²) in [5, 5.41) is 8.98. The third kappa shape index (κ3) is 3.26. The molecule has 5 heteroatoms. The van der Waals surface area contributed by atoms with Gasteiger partial charge < -0.3 is 15.6 Å². The second-order valence-corrected chi connectivity index (χ2v) is 5.32. The summed E-state index contributed by atoms with van der Waals surface area (Å²) in [6, 6.07) is 8.78. The molecular weight excluding hydrogens is 262 g/mol. The molecule has 2 rings (SSSR count). The molecule has 3 N–H and O–H groups in total. The summed E-state index contributed by atoms with van der Waals surface area (Å²) >= 11 is 1.70. The van der Waals surface area contributed by atoms with Gasteiger partial charge in [0.25, 0.3) is 0 Å². The summed E-state index contributed by atoms with van der Waals surface area (Å²) < 4.78 is 5.59. The van der Waals surface area contributed by atoms with Crippen LogP contribution in [0, 0.1) is 0 Å². The van der Waals surface area contributed by atoms with Crippen molar-refractivity contribution in [3.05, 3.63) is 45.6 Å². The molecule has 0 unspecified atom stereocenters. The number of nitrogen functional groups attached to an aromatic ring is 1. The molecule has 0 aliphatic carbocycles. The zero-order valence-corrected chi connectivity index (χ0v) is 11.4. The van der Waals surface area contributed by atoms with Gasteiger partial charge in [0.1, 0.15) is 12.4 Å². The second kappa shape index (κ2) is 5.75. The van der Waals surface area contributed by atoms with Crippen molar-refractivity contribution in [3.63, 3.8) is 0 Å². The van der Waals surface area contributed by atoms with E-state index in [0.717, 1.165) is 11.3 Å². The predicted molar refractivity (Wildman–Crippen MR) is 75.8 cm³/mol. The Morgan fingerprint density at radius 3 is 2.68 bits per heavy atom. The van der Waals surface area contributed by atoms with E-state index < -0.39 is 5.97 Å². The molecular formula is C14H15NO3S. The molecule has 0 aliphatic heterocycles.